The highest BCUT2D eigenvalue weighted by Crippen LogP contribution is 2.06. The van der Waals surface area contributed by atoms with Crippen molar-refractivity contribution in [2.45, 2.75) is 27.2 Å². The maximum absolute atomic E-state index is 4.34. The lowest BCUT2D eigenvalue weighted by atomic mass is 10.3. The standard InChI is InChI=1S/C11H23N3/c1-10(2)11(3)14(6)12-8-7-9-13(4)5/h8H,7,9H2,1-6H3/b12-8+. The molecule has 82 valence electrons. The molecule has 3 nitrogen and oxygen atoms in total. The molecule has 0 atom stereocenters. The largest absolute Gasteiger partial charge is 0.309 e. The average molecular weight is 197 g/mol. The summed E-state index contributed by atoms with van der Waals surface area (Å²) in [6.45, 7) is 7.33. The van der Waals surface area contributed by atoms with E-state index in [1.165, 1.54) is 11.3 Å². The predicted molar refractivity (Wildman–Crippen MR) is 63.5 cm³/mol. The number of rotatable bonds is 5. The van der Waals surface area contributed by atoms with Crippen LogP contribution in [0.25, 0.3) is 0 Å². The molecular formula is C11H23N3. The summed E-state index contributed by atoms with van der Waals surface area (Å²) in [5.41, 5.74) is 2.52. The van der Waals surface area contributed by atoms with Gasteiger partial charge < -0.3 is 4.90 Å². The maximum Gasteiger partial charge on any atom is 0.0320 e. The monoisotopic (exact) mass is 197 g/mol. The van der Waals surface area contributed by atoms with Gasteiger partial charge in [0.15, 0.2) is 0 Å². The van der Waals surface area contributed by atoms with Gasteiger partial charge in [0.1, 0.15) is 0 Å². The minimum absolute atomic E-state index is 0.993. The highest BCUT2D eigenvalue weighted by atomic mass is 15.4. The van der Waals surface area contributed by atoms with E-state index in [0.717, 1.165) is 13.0 Å². The fraction of sp³-hybridized carbons (Fsp3) is 0.727. The van der Waals surface area contributed by atoms with Crippen molar-refractivity contribution in [3.05, 3.63) is 11.3 Å². The van der Waals surface area contributed by atoms with E-state index < -0.39 is 0 Å². The molecule has 0 aliphatic rings. The van der Waals surface area contributed by atoms with Crippen LogP contribution in [0.4, 0.5) is 0 Å². The van der Waals surface area contributed by atoms with Gasteiger partial charge in [0, 0.05) is 25.5 Å². The van der Waals surface area contributed by atoms with Crippen LogP contribution in [0.3, 0.4) is 0 Å². The van der Waals surface area contributed by atoms with E-state index in [-0.39, 0.29) is 0 Å². The molecule has 0 fully saturated rings. The third-order valence-corrected chi connectivity index (χ3v) is 2.17. The van der Waals surface area contributed by atoms with Crippen LogP contribution in [0.1, 0.15) is 27.2 Å². The van der Waals surface area contributed by atoms with Crippen LogP contribution >= 0.6 is 0 Å². The van der Waals surface area contributed by atoms with Crippen molar-refractivity contribution in [1.82, 2.24) is 9.91 Å². The van der Waals surface area contributed by atoms with E-state index in [1.54, 1.807) is 0 Å². The molecule has 0 saturated heterocycles. The van der Waals surface area contributed by atoms with Crippen molar-refractivity contribution in [1.29, 1.82) is 0 Å². The number of hydrazone groups is 1. The summed E-state index contributed by atoms with van der Waals surface area (Å²) in [6.07, 6.45) is 2.96. The van der Waals surface area contributed by atoms with Crippen LogP contribution in [0, 0.1) is 0 Å². The first-order valence-electron chi connectivity index (χ1n) is 5.00. The Bertz CT molecular complexity index is 213. The quantitative estimate of drug-likeness (QED) is 0.497. The minimum Gasteiger partial charge on any atom is -0.309 e. The molecule has 0 unspecified atom stereocenters. The Kier molecular flexibility index (Phi) is 6.21. The van der Waals surface area contributed by atoms with Crippen molar-refractivity contribution in [2.24, 2.45) is 5.10 Å². The second-order valence-corrected chi connectivity index (χ2v) is 4.00. The molecule has 0 aromatic heterocycles. The highest BCUT2D eigenvalue weighted by molar-refractivity contribution is 5.57. The summed E-state index contributed by atoms with van der Waals surface area (Å²) in [4.78, 5) is 2.15. The first-order valence-corrected chi connectivity index (χ1v) is 5.00. The van der Waals surface area contributed by atoms with Gasteiger partial charge in [0.2, 0.25) is 0 Å². The van der Waals surface area contributed by atoms with E-state index in [9.17, 15) is 0 Å². The Morgan fingerprint density at radius 3 is 2.14 bits per heavy atom. The van der Waals surface area contributed by atoms with Crippen molar-refractivity contribution in [3.63, 3.8) is 0 Å². The Morgan fingerprint density at radius 1 is 1.14 bits per heavy atom. The van der Waals surface area contributed by atoms with Gasteiger partial charge in [-0.15, -0.1) is 0 Å². The van der Waals surface area contributed by atoms with Crippen LogP contribution in [-0.2, 0) is 0 Å². The van der Waals surface area contributed by atoms with E-state index >= 15 is 0 Å². The van der Waals surface area contributed by atoms with Gasteiger partial charge in [-0.05, 0) is 41.3 Å². The summed E-state index contributed by atoms with van der Waals surface area (Å²) < 4.78 is 0. The van der Waals surface area contributed by atoms with E-state index in [0.29, 0.717) is 0 Å². The minimum atomic E-state index is 0.993. The molecule has 0 heterocycles. The fourth-order valence-corrected chi connectivity index (χ4v) is 0.906. The zero-order chi connectivity index (χ0) is 11.1. The zero-order valence-electron chi connectivity index (χ0n) is 10.3. The summed E-state index contributed by atoms with van der Waals surface area (Å²) in [5, 5.41) is 6.26. The van der Waals surface area contributed by atoms with Gasteiger partial charge in [-0.2, -0.15) is 5.10 Å². The van der Waals surface area contributed by atoms with Gasteiger partial charge >= 0.3 is 0 Å². The van der Waals surface area contributed by atoms with E-state index in [4.69, 9.17) is 0 Å². The lowest BCUT2D eigenvalue weighted by molar-refractivity contribution is 0.416. The Balaban J connectivity index is 3.94. The van der Waals surface area contributed by atoms with Crippen molar-refractivity contribution >= 4 is 6.21 Å². The van der Waals surface area contributed by atoms with Crippen molar-refractivity contribution in [2.75, 3.05) is 27.7 Å². The van der Waals surface area contributed by atoms with Gasteiger partial charge in [-0.1, -0.05) is 5.57 Å². The Hall–Kier alpha value is -0.830. The SMILES string of the molecule is CC(C)=C(C)N(C)/N=C/CCN(C)C. The lowest BCUT2D eigenvalue weighted by Crippen LogP contribution is -2.14. The number of nitrogens with zero attached hydrogens (tertiary/aromatic N) is 3. The smallest absolute Gasteiger partial charge is 0.0320 e. The molecule has 0 spiro atoms. The average Bonchev–Trinajstić information content (AvgIpc) is 2.10. The van der Waals surface area contributed by atoms with Gasteiger partial charge in [0.05, 0.1) is 0 Å². The summed E-state index contributed by atoms with van der Waals surface area (Å²) in [6, 6.07) is 0. The Morgan fingerprint density at radius 2 is 1.71 bits per heavy atom. The molecule has 0 rings (SSSR count). The summed E-state index contributed by atoms with van der Waals surface area (Å²) >= 11 is 0. The maximum atomic E-state index is 4.34. The van der Waals surface area contributed by atoms with Gasteiger partial charge in [0.25, 0.3) is 0 Å². The number of hydrogen-bond donors (Lipinski definition) is 0. The second-order valence-electron chi connectivity index (χ2n) is 4.00. The van der Waals surface area contributed by atoms with Crippen molar-refractivity contribution < 1.29 is 0 Å². The molecular weight excluding hydrogens is 174 g/mol. The highest BCUT2D eigenvalue weighted by Gasteiger charge is 1.96. The second kappa shape index (κ2) is 6.60. The molecule has 0 radical (unpaired) electrons. The molecule has 0 aromatic carbocycles. The molecule has 0 aromatic rings. The Labute approximate surface area is 88.1 Å². The van der Waals surface area contributed by atoms with Crippen LogP contribution in [0.15, 0.2) is 16.4 Å². The molecule has 0 bridgehead atoms. The zero-order valence-corrected chi connectivity index (χ0v) is 10.3. The normalized spacial score (nSPS) is 11.1. The van der Waals surface area contributed by atoms with Crippen LogP contribution in [0.2, 0.25) is 0 Å². The van der Waals surface area contributed by atoms with E-state index in [1.807, 2.05) is 18.3 Å². The summed E-state index contributed by atoms with van der Waals surface area (Å²) in [7, 11) is 6.12. The molecule has 0 amide bonds. The topological polar surface area (TPSA) is 18.8 Å². The fourth-order valence-electron chi connectivity index (χ4n) is 0.906. The lowest BCUT2D eigenvalue weighted by Gasteiger charge is -2.15. The van der Waals surface area contributed by atoms with Crippen molar-refractivity contribution in [3.8, 4) is 0 Å². The van der Waals surface area contributed by atoms with Crippen LogP contribution < -0.4 is 0 Å². The molecule has 0 saturated carbocycles. The molecule has 0 aliphatic carbocycles. The molecule has 0 N–H and O–H groups in total. The molecule has 0 aliphatic heterocycles. The predicted octanol–water partition coefficient (Wildman–Crippen LogP) is 2.17. The molecule has 3 heteroatoms. The third kappa shape index (κ3) is 5.75. The third-order valence-electron chi connectivity index (χ3n) is 2.17. The van der Waals surface area contributed by atoms with Crippen LogP contribution in [0.5, 0.6) is 0 Å². The first kappa shape index (κ1) is 13.2. The van der Waals surface area contributed by atoms with Gasteiger partial charge in [-0.3, -0.25) is 5.01 Å². The van der Waals surface area contributed by atoms with Crippen LogP contribution in [-0.4, -0.2) is 43.8 Å². The van der Waals surface area contributed by atoms with E-state index in [2.05, 4.69) is 44.9 Å². The number of hydrogen-bond acceptors (Lipinski definition) is 3. The first-order chi connectivity index (χ1) is 6.45. The van der Waals surface area contributed by atoms with Gasteiger partial charge in [-0.25, -0.2) is 0 Å². The summed E-state index contributed by atoms with van der Waals surface area (Å²) in [5.74, 6) is 0. The number of allylic oxidation sites excluding steroid dienone is 2. The molecule has 14 heavy (non-hydrogen) atoms.